The van der Waals surface area contributed by atoms with E-state index in [2.05, 4.69) is 78.3 Å². The van der Waals surface area contributed by atoms with Crippen molar-refractivity contribution in [2.75, 3.05) is 0 Å². The minimum atomic E-state index is -0.353. The van der Waals surface area contributed by atoms with Crippen LogP contribution in [0.4, 0.5) is 0 Å². The maximum atomic E-state index is 6.88. The van der Waals surface area contributed by atoms with Crippen LogP contribution in [0.3, 0.4) is 0 Å². The van der Waals surface area contributed by atoms with Crippen molar-refractivity contribution in [2.45, 2.75) is 50.6 Å². The average molecular weight is 318 g/mol. The van der Waals surface area contributed by atoms with Gasteiger partial charge in [-0.25, -0.2) is 0 Å². The lowest BCUT2D eigenvalue weighted by molar-refractivity contribution is -0.420. The van der Waals surface area contributed by atoms with Crippen LogP contribution < -0.4 is 0 Å². The molecule has 0 unspecified atom stereocenters. The smallest absolute Gasteiger partial charge is 0.353 e. The van der Waals surface area contributed by atoms with Crippen molar-refractivity contribution in [3.63, 3.8) is 0 Å². The zero-order chi connectivity index (χ0) is 16.4. The third kappa shape index (κ3) is 2.43. The van der Waals surface area contributed by atoms with Gasteiger partial charge in [0.1, 0.15) is 6.21 Å². The van der Waals surface area contributed by atoms with E-state index in [1.165, 1.54) is 24.0 Å². The quantitative estimate of drug-likeness (QED) is 0.740. The molecule has 0 N–H and O–H groups in total. The second-order valence-corrected chi connectivity index (χ2v) is 6.91. The lowest BCUT2D eigenvalue weighted by atomic mass is 9.76. The third-order valence-electron chi connectivity index (χ3n) is 5.47. The van der Waals surface area contributed by atoms with Crippen LogP contribution in [0.5, 0.6) is 0 Å². The molecule has 2 heterocycles. The number of benzene rings is 2. The Balaban J connectivity index is 1.84. The second-order valence-electron chi connectivity index (χ2n) is 6.91. The number of nitrogens with zero attached hydrogens (tertiary/aromatic N) is 1. The van der Waals surface area contributed by atoms with Crippen molar-refractivity contribution in [1.82, 2.24) is 0 Å². The fraction of sp³-hybridized carbons (Fsp3) is 0.381. The van der Waals surface area contributed by atoms with E-state index in [0.717, 1.165) is 19.2 Å². The first-order valence-electron chi connectivity index (χ1n) is 9.26. The van der Waals surface area contributed by atoms with Crippen molar-refractivity contribution in [2.24, 2.45) is 0 Å². The Labute approximate surface area is 145 Å². The van der Waals surface area contributed by atoms with Gasteiger partial charge in [0.2, 0.25) is 0 Å². The Morgan fingerprint density at radius 1 is 1.04 bits per heavy atom. The van der Waals surface area contributed by atoms with Gasteiger partial charge >= 0.3 is 7.05 Å². The first kappa shape index (κ1) is 15.7. The zero-order valence-electron chi connectivity index (χ0n) is 14.4. The number of rotatable bonds is 5. The minimum Gasteiger partial charge on any atom is -0.353 e. The van der Waals surface area contributed by atoms with E-state index in [0.29, 0.717) is 6.04 Å². The van der Waals surface area contributed by atoms with Crippen LogP contribution in [0.25, 0.3) is 0 Å². The van der Waals surface area contributed by atoms with Crippen molar-refractivity contribution in [3.05, 3.63) is 71.8 Å². The molecule has 24 heavy (non-hydrogen) atoms. The lowest BCUT2D eigenvalue weighted by Crippen LogP contribution is -2.39. The van der Waals surface area contributed by atoms with Crippen LogP contribution in [0.2, 0.25) is 6.32 Å². The highest BCUT2D eigenvalue weighted by molar-refractivity contribution is 6.44. The molecule has 0 aromatic heterocycles. The third-order valence-corrected chi connectivity index (χ3v) is 5.47. The largest absolute Gasteiger partial charge is 0.655 e. The van der Waals surface area contributed by atoms with E-state index in [1.54, 1.807) is 0 Å². The molecule has 0 spiro atoms. The van der Waals surface area contributed by atoms with E-state index in [-0.39, 0.29) is 12.7 Å². The van der Waals surface area contributed by atoms with Crippen LogP contribution in [0.15, 0.2) is 60.7 Å². The summed E-state index contributed by atoms with van der Waals surface area (Å²) in [4.78, 5) is 0. The van der Waals surface area contributed by atoms with Crippen molar-refractivity contribution in [1.29, 1.82) is 0 Å². The molecule has 2 aromatic carbocycles. The van der Waals surface area contributed by atoms with Crippen molar-refractivity contribution >= 4 is 13.3 Å². The predicted molar refractivity (Wildman–Crippen MR) is 99.6 cm³/mol. The molecule has 122 valence electrons. The first-order valence-corrected chi connectivity index (χ1v) is 9.26. The molecule has 4 rings (SSSR count). The monoisotopic (exact) mass is 318 g/mol. The zero-order valence-corrected chi connectivity index (χ0v) is 14.4. The van der Waals surface area contributed by atoms with Gasteiger partial charge in [0, 0.05) is 19.2 Å². The highest BCUT2D eigenvalue weighted by atomic mass is 16.5. The second kappa shape index (κ2) is 6.56. The SMILES string of the molecule is CCCCB1OC(c2ccccc2)(c2ccccc2)[C@@H]2CCC=[N+]12. The Bertz CT molecular complexity index is 674. The Morgan fingerprint density at radius 2 is 1.67 bits per heavy atom. The summed E-state index contributed by atoms with van der Waals surface area (Å²) in [5, 5.41) is 0. The molecule has 1 saturated heterocycles. The van der Waals surface area contributed by atoms with Crippen molar-refractivity contribution in [3.8, 4) is 0 Å². The maximum Gasteiger partial charge on any atom is 0.655 e. The van der Waals surface area contributed by atoms with Crippen molar-refractivity contribution < 1.29 is 9.14 Å². The average Bonchev–Trinajstić information content (AvgIpc) is 3.24. The summed E-state index contributed by atoms with van der Waals surface area (Å²) in [5.74, 6) is 0. The van der Waals surface area contributed by atoms with Gasteiger partial charge in [0.25, 0.3) is 0 Å². The number of hydrogen-bond acceptors (Lipinski definition) is 1. The van der Waals surface area contributed by atoms with Crippen LogP contribution in [0, 0.1) is 0 Å². The van der Waals surface area contributed by atoms with Gasteiger partial charge in [-0.2, -0.15) is 0 Å². The van der Waals surface area contributed by atoms with Gasteiger partial charge in [-0.15, -0.1) is 0 Å². The van der Waals surface area contributed by atoms with Crippen LogP contribution in [-0.4, -0.2) is 23.8 Å². The Kier molecular flexibility index (Phi) is 4.28. The fourth-order valence-electron chi connectivity index (χ4n) is 4.39. The lowest BCUT2D eigenvalue weighted by Gasteiger charge is -2.31. The maximum absolute atomic E-state index is 6.88. The summed E-state index contributed by atoms with van der Waals surface area (Å²) >= 11 is 0. The Morgan fingerprint density at radius 3 is 2.25 bits per heavy atom. The molecule has 0 saturated carbocycles. The predicted octanol–water partition coefficient (Wildman–Crippen LogP) is 4.49. The van der Waals surface area contributed by atoms with E-state index in [1.807, 2.05) is 0 Å². The van der Waals surface area contributed by atoms with Gasteiger partial charge in [-0.05, 0) is 11.1 Å². The summed E-state index contributed by atoms with van der Waals surface area (Å²) in [7, 11) is 0.192. The van der Waals surface area contributed by atoms with Gasteiger partial charge in [0.15, 0.2) is 11.6 Å². The normalized spacial score (nSPS) is 21.6. The molecule has 2 aliphatic heterocycles. The molecule has 0 bridgehead atoms. The summed E-state index contributed by atoms with van der Waals surface area (Å²) < 4.78 is 9.39. The number of hydrogen-bond donors (Lipinski definition) is 0. The van der Waals surface area contributed by atoms with Crippen LogP contribution in [-0.2, 0) is 10.3 Å². The number of fused-ring (bicyclic) bond motifs is 1. The summed E-state index contributed by atoms with van der Waals surface area (Å²) in [6.45, 7) is 2.25. The first-order chi connectivity index (χ1) is 11.9. The highest BCUT2D eigenvalue weighted by Gasteiger charge is 2.63. The molecule has 0 radical (unpaired) electrons. The van der Waals surface area contributed by atoms with Gasteiger partial charge < -0.3 is 4.65 Å². The van der Waals surface area contributed by atoms with Gasteiger partial charge in [-0.3, -0.25) is 4.49 Å². The molecule has 2 aliphatic rings. The Hall–Kier alpha value is -1.87. The van der Waals surface area contributed by atoms with E-state index in [4.69, 9.17) is 4.65 Å². The van der Waals surface area contributed by atoms with E-state index < -0.39 is 0 Å². The minimum absolute atomic E-state index is 0.192. The fourth-order valence-corrected chi connectivity index (χ4v) is 4.39. The summed E-state index contributed by atoms with van der Waals surface area (Å²) in [6.07, 6.45) is 8.21. The summed E-state index contributed by atoms with van der Waals surface area (Å²) in [5.41, 5.74) is 2.20. The summed E-state index contributed by atoms with van der Waals surface area (Å²) in [6, 6.07) is 22.0. The standard InChI is InChI=1S/C21H25BNO/c1-2-3-16-22-23-17-10-15-20(23)21(24-22,18-11-6-4-7-12-18)19-13-8-5-9-14-19/h4-9,11-14,17,20H,2-3,10,15-16H2,1H3/q+1/t20-/m0/s1. The molecule has 1 atom stereocenters. The molecule has 2 nitrogen and oxygen atoms in total. The molecule has 0 amide bonds. The molecular weight excluding hydrogens is 293 g/mol. The van der Waals surface area contributed by atoms with E-state index in [9.17, 15) is 0 Å². The molecule has 0 aliphatic carbocycles. The molecule has 3 heteroatoms. The highest BCUT2D eigenvalue weighted by Crippen LogP contribution is 2.47. The number of unbranched alkanes of at least 4 members (excludes halogenated alkanes) is 1. The van der Waals surface area contributed by atoms with Crippen LogP contribution >= 0.6 is 0 Å². The topological polar surface area (TPSA) is 12.2 Å². The molecule has 1 fully saturated rings. The van der Waals surface area contributed by atoms with Gasteiger partial charge in [0.05, 0.1) is 0 Å². The van der Waals surface area contributed by atoms with E-state index >= 15 is 0 Å². The van der Waals surface area contributed by atoms with Gasteiger partial charge in [-0.1, -0.05) is 80.4 Å². The van der Waals surface area contributed by atoms with Crippen LogP contribution in [0.1, 0.15) is 43.7 Å². The molecular formula is C21H25BNO+. The molecule has 2 aromatic rings.